The fourth-order valence-electron chi connectivity index (χ4n) is 4.10. The summed E-state index contributed by atoms with van der Waals surface area (Å²) < 4.78 is 2.33. The van der Waals surface area contributed by atoms with Gasteiger partial charge < -0.3 is 14.8 Å². The molecular weight excluding hydrogens is 350 g/mol. The van der Waals surface area contributed by atoms with Gasteiger partial charge in [-0.3, -0.25) is 0 Å². The molecule has 1 aromatic carbocycles. The lowest BCUT2D eigenvalue weighted by molar-refractivity contribution is 0.278. The standard InChI is InChI=1S/C20H24ClN3S/c21-16-10-8-15(9-11-16)19-18-7-4-12-23(18)13-14-24(19)20(25)22-17-5-2-1-3-6-17/h4,7-12,17,19H,1-3,5-6,13-14H2,(H,22,25)/t19-/m1/s1. The molecule has 1 aliphatic heterocycles. The Morgan fingerprint density at radius 1 is 1.04 bits per heavy atom. The fourth-order valence-corrected chi connectivity index (χ4v) is 4.59. The number of hydrogen-bond donors (Lipinski definition) is 1. The number of nitrogens with zero attached hydrogens (tertiary/aromatic N) is 2. The van der Waals surface area contributed by atoms with Gasteiger partial charge in [-0.1, -0.05) is 43.0 Å². The predicted octanol–water partition coefficient (Wildman–Crippen LogP) is 4.75. The summed E-state index contributed by atoms with van der Waals surface area (Å²) in [5, 5.41) is 5.30. The number of nitrogens with one attached hydrogen (secondary N) is 1. The molecule has 1 aliphatic carbocycles. The fraction of sp³-hybridized carbons (Fsp3) is 0.450. The summed E-state index contributed by atoms with van der Waals surface area (Å²) in [6, 6.07) is 13.2. The van der Waals surface area contributed by atoms with Gasteiger partial charge in [0.25, 0.3) is 0 Å². The van der Waals surface area contributed by atoms with Crippen LogP contribution in [-0.4, -0.2) is 27.2 Å². The number of halogens is 1. The van der Waals surface area contributed by atoms with Gasteiger partial charge in [-0.05, 0) is 54.9 Å². The van der Waals surface area contributed by atoms with Crippen molar-refractivity contribution < 1.29 is 0 Å². The number of rotatable bonds is 2. The van der Waals surface area contributed by atoms with Crippen molar-refractivity contribution in [3.63, 3.8) is 0 Å². The first-order chi connectivity index (χ1) is 12.2. The number of fused-ring (bicyclic) bond motifs is 1. The van der Waals surface area contributed by atoms with Crippen LogP contribution in [0.2, 0.25) is 5.02 Å². The van der Waals surface area contributed by atoms with Gasteiger partial charge in [-0.2, -0.15) is 0 Å². The minimum atomic E-state index is 0.143. The molecule has 4 rings (SSSR count). The van der Waals surface area contributed by atoms with Gasteiger partial charge in [0.2, 0.25) is 0 Å². The van der Waals surface area contributed by atoms with Crippen LogP contribution in [0, 0.1) is 0 Å². The van der Waals surface area contributed by atoms with Crippen molar-refractivity contribution in [3.8, 4) is 0 Å². The van der Waals surface area contributed by atoms with Gasteiger partial charge >= 0.3 is 0 Å². The van der Waals surface area contributed by atoms with Crippen LogP contribution in [0.15, 0.2) is 42.6 Å². The maximum Gasteiger partial charge on any atom is 0.170 e. The Hall–Kier alpha value is -1.52. The Morgan fingerprint density at radius 2 is 1.80 bits per heavy atom. The molecule has 1 N–H and O–H groups in total. The third-order valence-electron chi connectivity index (χ3n) is 5.42. The molecule has 2 heterocycles. The number of thiocarbonyl (C=S) groups is 1. The summed E-state index contributed by atoms with van der Waals surface area (Å²) in [6.07, 6.45) is 8.60. The highest BCUT2D eigenvalue weighted by Crippen LogP contribution is 2.33. The maximum atomic E-state index is 6.10. The molecule has 0 saturated heterocycles. The number of benzene rings is 1. The second kappa shape index (κ2) is 7.38. The summed E-state index contributed by atoms with van der Waals surface area (Å²) in [6.45, 7) is 1.90. The van der Waals surface area contributed by atoms with Crippen molar-refractivity contribution in [2.45, 2.75) is 50.7 Å². The van der Waals surface area contributed by atoms with E-state index in [1.54, 1.807) is 0 Å². The van der Waals surface area contributed by atoms with E-state index in [9.17, 15) is 0 Å². The van der Waals surface area contributed by atoms with Crippen molar-refractivity contribution in [3.05, 3.63) is 58.9 Å². The van der Waals surface area contributed by atoms with E-state index in [0.29, 0.717) is 6.04 Å². The normalized spacial score (nSPS) is 21.0. The average molecular weight is 374 g/mol. The Kier molecular flexibility index (Phi) is 5.00. The molecule has 0 amide bonds. The lowest BCUT2D eigenvalue weighted by Crippen LogP contribution is -2.50. The molecule has 1 aromatic heterocycles. The average Bonchev–Trinajstić information content (AvgIpc) is 3.11. The summed E-state index contributed by atoms with van der Waals surface area (Å²) >= 11 is 11.9. The molecule has 1 atom stereocenters. The van der Waals surface area contributed by atoms with Gasteiger partial charge in [0, 0.05) is 36.0 Å². The van der Waals surface area contributed by atoms with Crippen LogP contribution in [0.4, 0.5) is 0 Å². The second-order valence-electron chi connectivity index (χ2n) is 7.06. The highest BCUT2D eigenvalue weighted by Gasteiger charge is 2.31. The molecule has 0 spiro atoms. The van der Waals surface area contributed by atoms with E-state index in [1.165, 1.54) is 43.4 Å². The van der Waals surface area contributed by atoms with E-state index >= 15 is 0 Å². The molecule has 2 aromatic rings. The van der Waals surface area contributed by atoms with E-state index < -0.39 is 0 Å². The van der Waals surface area contributed by atoms with E-state index in [4.69, 9.17) is 23.8 Å². The molecule has 2 aliphatic rings. The third kappa shape index (κ3) is 3.56. The highest BCUT2D eigenvalue weighted by atomic mass is 35.5. The Balaban J connectivity index is 1.61. The SMILES string of the molecule is S=C(NC1CCCCC1)N1CCn2cccc2[C@H]1c1ccc(Cl)cc1. The third-order valence-corrected chi connectivity index (χ3v) is 6.02. The van der Waals surface area contributed by atoms with Crippen LogP contribution in [0.25, 0.3) is 0 Å². The zero-order chi connectivity index (χ0) is 17.2. The van der Waals surface area contributed by atoms with Crippen LogP contribution in [0.5, 0.6) is 0 Å². The van der Waals surface area contributed by atoms with E-state index in [2.05, 4.69) is 45.2 Å². The van der Waals surface area contributed by atoms with Gasteiger partial charge in [-0.15, -0.1) is 0 Å². The Labute approximate surface area is 160 Å². The van der Waals surface area contributed by atoms with Crippen LogP contribution in [0.1, 0.15) is 49.4 Å². The van der Waals surface area contributed by atoms with Crippen LogP contribution >= 0.6 is 23.8 Å². The molecule has 1 saturated carbocycles. The summed E-state index contributed by atoms with van der Waals surface area (Å²) in [4.78, 5) is 2.35. The minimum absolute atomic E-state index is 0.143. The maximum absolute atomic E-state index is 6.10. The van der Waals surface area contributed by atoms with Crippen molar-refractivity contribution in [1.82, 2.24) is 14.8 Å². The van der Waals surface area contributed by atoms with E-state index in [-0.39, 0.29) is 6.04 Å². The van der Waals surface area contributed by atoms with E-state index in [1.807, 2.05) is 12.1 Å². The van der Waals surface area contributed by atoms with Crippen molar-refractivity contribution >= 4 is 28.9 Å². The van der Waals surface area contributed by atoms with Crippen LogP contribution in [0.3, 0.4) is 0 Å². The van der Waals surface area contributed by atoms with Crippen LogP contribution in [-0.2, 0) is 6.54 Å². The largest absolute Gasteiger partial charge is 0.360 e. The molecule has 132 valence electrons. The topological polar surface area (TPSA) is 20.2 Å². The molecule has 25 heavy (non-hydrogen) atoms. The van der Waals surface area contributed by atoms with E-state index in [0.717, 1.165) is 23.2 Å². The minimum Gasteiger partial charge on any atom is -0.360 e. The van der Waals surface area contributed by atoms with Crippen molar-refractivity contribution in [2.75, 3.05) is 6.54 Å². The lowest BCUT2D eigenvalue weighted by Gasteiger charge is -2.40. The zero-order valence-corrected chi connectivity index (χ0v) is 15.9. The molecule has 5 heteroatoms. The highest BCUT2D eigenvalue weighted by molar-refractivity contribution is 7.80. The van der Waals surface area contributed by atoms with Gasteiger partial charge in [0.05, 0.1) is 6.04 Å². The summed E-state index contributed by atoms with van der Waals surface area (Å²) in [7, 11) is 0. The summed E-state index contributed by atoms with van der Waals surface area (Å²) in [5.41, 5.74) is 2.53. The first kappa shape index (κ1) is 16.9. The van der Waals surface area contributed by atoms with Gasteiger partial charge in [-0.25, -0.2) is 0 Å². The van der Waals surface area contributed by atoms with Crippen LogP contribution < -0.4 is 5.32 Å². The quantitative estimate of drug-likeness (QED) is 0.767. The number of aromatic nitrogens is 1. The molecule has 0 bridgehead atoms. The lowest BCUT2D eigenvalue weighted by atomic mass is 9.95. The van der Waals surface area contributed by atoms with Crippen molar-refractivity contribution in [2.24, 2.45) is 0 Å². The Bertz CT molecular complexity index is 734. The molecule has 1 fully saturated rings. The first-order valence-electron chi connectivity index (χ1n) is 9.20. The number of hydrogen-bond acceptors (Lipinski definition) is 1. The summed E-state index contributed by atoms with van der Waals surface area (Å²) in [5.74, 6) is 0. The van der Waals surface area contributed by atoms with Crippen molar-refractivity contribution in [1.29, 1.82) is 0 Å². The molecule has 0 unspecified atom stereocenters. The first-order valence-corrected chi connectivity index (χ1v) is 9.98. The van der Waals surface area contributed by atoms with Gasteiger partial charge in [0.15, 0.2) is 5.11 Å². The molecule has 0 radical (unpaired) electrons. The molecular formula is C20H24ClN3S. The second-order valence-corrected chi connectivity index (χ2v) is 7.88. The monoisotopic (exact) mass is 373 g/mol. The molecule has 3 nitrogen and oxygen atoms in total. The Morgan fingerprint density at radius 3 is 2.56 bits per heavy atom. The predicted molar refractivity (Wildman–Crippen MR) is 107 cm³/mol. The smallest absolute Gasteiger partial charge is 0.170 e. The van der Waals surface area contributed by atoms with Gasteiger partial charge in [0.1, 0.15) is 0 Å². The zero-order valence-electron chi connectivity index (χ0n) is 14.3.